The number of anilines is 1. The van der Waals surface area contributed by atoms with Gasteiger partial charge in [0, 0.05) is 5.69 Å². The molecule has 1 atom stereocenters. The van der Waals surface area contributed by atoms with Crippen LogP contribution in [0, 0.1) is 0 Å². The zero-order valence-corrected chi connectivity index (χ0v) is 17.2. The number of methoxy groups -OCH3 is 1. The van der Waals surface area contributed by atoms with Crippen LogP contribution in [-0.4, -0.2) is 38.3 Å². The molecule has 0 heterocycles. The van der Waals surface area contributed by atoms with E-state index < -0.39 is 18.0 Å². The van der Waals surface area contributed by atoms with Crippen LogP contribution in [0.1, 0.15) is 37.6 Å². The van der Waals surface area contributed by atoms with E-state index in [2.05, 4.69) is 5.32 Å². The minimum absolute atomic E-state index is 0.279. The molecular weight excluding hydrogens is 374 g/mol. The van der Waals surface area contributed by atoms with Crippen LogP contribution in [0.2, 0.25) is 0 Å². The molecule has 2 rings (SSSR count). The number of carbonyl (C=O) groups is 2. The quantitative estimate of drug-likeness (QED) is 0.605. The summed E-state index contributed by atoms with van der Waals surface area (Å²) in [4.78, 5) is 24.8. The highest BCUT2D eigenvalue weighted by atomic mass is 16.5. The molecule has 0 aliphatic heterocycles. The lowest BCUT2D eigenvalue weighted by Crippen LogP contribution is -2.30. The summed E-state index contributed by atoms with van der Waals surface area (Å²) in [6, 6.07) is 11.7. The molecular formula is C22H27NO6. The van der Waals surface area contributed by atoms with Crippen molar-refractivity contribution in [3.05, 3.63) is 48.0 Å². The SMILES string of the molecule is CCCOc1ccc(C(=O)O[C@@H](C)C(=O)Nc2ccc(OC)cc2)cc1OCC. The first-order chi connectivity index (χ1) is 14.0. The fourth-order valence-electron chi connectivity index (χ4n) is 2.43. The molecule has 0 saturated carbocycles. The Kier molecular flexibility index (Phi) is 8.33. The lowest BCUT2D eigenvalue weighted by Gasteiger charge is -2.15. The lowest BCUT2D eigenvalue weighted by atomic mass is 10.2. The van der Waals surface area contributed by atoms with E-state index in [4.69, 9.17) is 18.9 Å². The van der Waals surface area contributed by atoms with Crippen molar-refractivity contribution in [3.8, 4) is 17.2 Å². The maximum Gasteiger partial charge on any atom is 0.339 e. The van der Waals surface area contributed by atoms with Gasteiger partial charge in [-0.15, -0.1) is 0 Å². The van der Waals surface area contributed by atoms with Crippen LogP contribution in [0.25, 0.3) is 0 Å². The van der Waals surface area contributed by atoms with Gasteiger partial charge in [0.05, 0.1) is 25.9 Å². The van der Waals surface area contributed by atoms with Crippen LogP contribution < -0.4 is 19.5 Å². The van der Waals surface area contributed by atoms with E-state index in [0.29, 0.717) is 36.1 Å². The second-order valence-corrected chi connectivity index (χ2v) is 6.21. The van der Waals surface area contributed by atoms with Crippen molar-refractivity contribution in [3.63, 3.8) is 0 Å². The number of ether oxygens (including phenoxy) is 4. The Morgan fingerprint density at radius 3 is 2.34 bits per heavy atom. The number of benzene rings is 2. The van der Waals surface area contributed by atoms with Gasteiger partial charge in [-0.3, -0.25) is 4.79 Å². The Morgan fingerprint density at radius 2 is 1.72 bits per heavy atom. The average molecular weight is 401 g/mol. The van der Waals surface area contributed by atoms with E-state index in [1.54, 1.807) is 49.6 Å². The highest BCUT2D eigenvalue weighted by Crippen LogP contribution is 2.29. The van der Waals surface area contributed by atoms with E-state index in [0.717, 1.165) is 6.42 Å². The van der Waals surface area contributed by atoms with E-state index in [9.17, 15) is 9.59 Å². The van der Waals surface area contributed by atoms with Crippen LogP contribution in [0.3, 0.4) is 0 Å². The van der Waals surface area contributed by atoms with Gasteiger partial charge in [0.1, 0.15) is 5.75 Å². The maximum absolute atomic E-state index is 12.5. The van der Waals surface area contributed by atoms with Gasteiger partial charge < -0.3 is 24.3 Å². The standard InChI is InChI=1S/C22H27NO6/c1-5-13-28-19-12-7-16(14-20(19)27-6-2)22(25)29-15(3)21(24)23-17-8-10-18(26-4)11-9-17/h7-12,14-15H,5-6,13H2,1-4H3,(H,23,24)/t15-/m0/s1. The molecule has 0 aliphatic carbocycles. The minimum atomic E-state index is -0.976. The number of rotatable bonds is 10. The first-order valence-corrected chi connectivity index (χ1v) is 9.54. The molecule has 7 nitrogen and oxygen atoms in total. The van der Waals surface area contributed by atoms with Gasteiger partial charge in [-0.2, -0.15) is 0 Å². The molecule has 1 amide bonds. The van der Waals surface area contributed by atoms with E-state index in [-0.39, 0.29) is 5.56 Å². The van der Waals surface area contributed by atoms with Gasteiger partial charge in [0.2, 0.25) is 0 Å². The molecule has 0 bridgehead atoms. The molecule has 0 spiro atoms. The molecule has 2 aromatic carbocycles. The maximum atomic E-state index is 12.5. The number of amides is 1. The average Bonchev–Trinajstić information content (AvgIpc) is 2.73. The van der Waals surface area contributed by atoms with Crippen molar-refractivity contribution in [1.82, 2.24) is 0 Å². The second-order valence-electron chi connectivity index (χ2n) is 6.21. The fraction of sp³-hybridized carbons (Fsp3) is 0.364. The first-order valence-electron chi connectivity index (χ1n) is 9.54. The van der Waals surface area contributed by atoms with Crippen LogP contribution in [-0.2, 0) is 9.53 Å². The van der Waals surface area contributed by atoms with Crippen molar-refractivity contribution < 1.29 is 28.5 Å². The van der Waals surface area contributed by atoms with Gasteiger partial charge in [-0.1, -0.05) is 6.92 Å². The Morgan fingerprint density at radius 1 is 1.00 bits per heavy atom. The monoisotopic (exact) mass is 401 g/mol. The first kappa shape index (κ1) is 22.1. The zero-order valence-electron chi connectivity index (χ0n) is 17.2. The van der Waals surface area contributed by atoms with Crippen LogP contribution in [0.15, 0.2) is 42.5 Å². The van der Waals surface area contributed by atoms with Gasteiger partial charge in [0.25, 0.3) is 5.91 Å². The highest BCUT2D eigenvalue weighted by molar-refractivity contribution is 5.97. The van der Waals surface area contributed by atoms with E-state index >= 15 is 0 Å². The van der Waals surface area contributed by atoms with Gasteiger partial charge in [-0.25, -0.2) is 4.79 Å². The number of hydrogen-bond donors (Lipinski definition) is 1. The van der Waals surface area contributed by atoms with Crippen LogP contribution in [0.4, 0.5) is 5.69 Å². The summed E-state index contributed by atoms with van der Waals surface area (Å²) in [7, 11) is 1.56. The van der Waals surface area contributed by atoms with Crippen molar-refractivity contribution in [2.75, 3.05) is 25.6 Å². The summed E-state index contributed by atoms with van der Waals surface area (Å²) in [5.41, 5.74) is 0.858. The molecule has 0 aromatic heterocycles. The van der Waals surface area contributed by atoms with Crippen molar-refractivity contribution in [1.29, 1.82) is 0 Å². The third kappa shape index (κ3) is 6.41. The minimum Gasteiger partial charge on any atom is -0.497 e. The summed E-state index contributed by atoms with van der Waals surface area (Å²) >= 11 is 0. The Hall–Kier alpha value is -3.22. The molecule has 7 heteroatoms. The Bertz CT molecular complexity index is 819. The lowest BCUT2D eigenvalue weighted by molar-refractivity contribution is -0.123. The van der Waals surface area contributed by atoms with Gasteiger partial charge in [0.15, 0.2) is 17.6 Å². The largest absolute Gasteiger partial charge is 0.497 e. The third-order valence-corrected chi connectivity index (χ3v) is 3.95. The van der Waals surface area contributed by atoms with Gasteiger partial charge >= 0.3 is 5.97 Å². The molecule has 1 N–H and O–H groups in total. The zero-order chi connectivity index (χ0) is 21.2. The summed E-state index contributed by atoms with van der Waals surface area (Å²) in [5, 5.41) is 2.70. The topological polar surface area (TPSA) is 83.1 Å². The molecule has 0 saturated heterocycles. The van der Waals surface area contributed by atoms with Crippen molar-refractivity contribution in [2.24, 2.45) is 0 Å². The second kappa shape index (κ2) is 10.9. The highest BCUT2D eigenvalue weighted by Gasteiger charge is 2.20. The molecule has 2 aromatic rings. The predicted molar refractivity (Wildman–Crippen MR) is 110 cm³/mol. The van der Waals surface area contributed by atoms with E-state index in [1.165, 1.54) is 6.92 Å². The summed E-state index contributed by atoms with van der Waals surface area (Å²) in [6.45, 7) is 6.34. The van der Waals surface area contributed by atoms with Gasteiger partial charge in [-0.05, 0) is 62.7 Å². The van der Waals surface area contributed by atoms with Crippen LogP contribution >= 0.6 is 0 Å². The third-order valence-electron chi connectivity index (χ3n) is 3.95. The number of carbonyl (C=O) groups excluding carboxylic acids is 2. The molecule has 0 aliphatic rings. The predicted octanol–water partition coefficient (Wildman–Crippen LogP) is 4.07. The van der Waals surface area contributed by atoms with Crippen molar-refractivity contribution in [2.45, 2.75) is 33.3 Å². The molecule has 0 radical (unpaired) electrons. The van der Waals surface area contributed by atoms with Crippen LogP contribution in [0.5, 0.6) is 17.2 Å². The smallest absolute Gasteiger partial charge is 0.339 e. The molecule has 29 heavy (non-hydrogen) atoms. The van der Waals surface area contributed by atoms with E-state index in [1.807, 2.05) is 13.8 Å². The summed E-state index contributed by atoms with van der Waals surface area (Å²) in [5.74, 6) is 0.655. The Balaban J connectivity index is 2.01. The molecule has 0 fully saturated rings. The summed E-state index contributed by atoms with van der Waals surface area (Å²) in [6.07, 6.45) is -0.118. The summed E-state index contributed by atoms with van der Waals surface area (Å²) < 4.78 is 21.6. The number of nitrogens with one attached hydrogen (secondary N) is 1. The molecule has 156 valence electrons. The molecule has 0 unspecified atom stereocenters. The van der Waals surface area contributed by atoms with Crippen molar-refractivity contribution >= 4 is 17.6 Å². The Labute approximate surface area is 170 Å². The number of hydrogen-bond acceptors (Lipinski definition) is 6. The number of esters is 1. The normalized spacial score (nSPS) is 11.3. The fourth-order valence-corrected chi connectivity index (χ4v) is 2.43.